The van der Waals surface area contributed by atoms with Gasteiger partial charge in [-0.05, 0) is 45.7 Å². The van der Waals surface area contributed by atoms with Crippen LogP contribution in [0.15, 0.2) is 30.5 Å². The number of nitrogens with one attached hydrogen (secondary N) is 1. The van der Waals surface area contributed by atoms with Crippen LogP contribution in [0.25, 0.3) is 11.0 Å². The first-order valence-electron chi connectivity index (χ1n) is 9.33. The Labute approximate surface area is 149 Å². The Morgan fingerprint density at radius 3 is 2.92 bits per heavy atom. The van der Waals surface area contributed by atoms with E-state index in [-0.39, 0.29) is 0 Å². The van der Waals surface area contributed by atoms with E-state index in [1.165, 1.54) is 24.2 Å². The molecule has 5 nitrogen and oxygen atoms in total. The van der Waals surface area contributed by atoms with Crippen LogP contribution in [-0.2, 0) is 13.1 Å². The van der Waals surface area contributed by atoms with Gasteiger partial charge in [0.25, 0.3) is 0 Å². The Morgan fingerprint density at radius 1 is 1.24 bits per heavy atom. The lowest BCUT2D eigenvalue weighted by atomic mass is 9.99. The fourth-order valence-electron chi connectivity index (χ4n) is 4.05. The number of para-hydroxylation sites is 2. The molecule has 3 heterocycles. The molecule has 0 saturated carbocycles. The Bertz CT molecular complexity index is 873. The second kappa shape index (κ2) is 6.64. The van der Waals surface area contributed by atoms with Crippen molar-refractivity contribution < 1.29 is 0 Å². The third-order valence-corrected chi connectivity index (χ3v) is 5.10. The second-order valence-corrected chi connectivity index (χ2v) is 7.38. The highest BCUT2D eigenvalue weighted by Crippen LogP contribution is 2.26. The summed E-state index contributed by atoms with van der Waals surface area (Å²) in [5.74, 6) is 2.86. The van der Waals surface area contributed by atoms with Crippen LogP contribution >= 0.6 is 0 Å². The molecule has 132 valence electrons. The van der Waals surface area contributed by atoms with Gasteiger partial charge in [-0.15, -0.1) is 0 Å². The van der Waals surface area contributed by atoms with Gasteiger partial charge in [0, 0.05) is 31.2 Å². The average Bonchev–Trinajstić information content (AvgIpc) is 3.14. The molecular formula is C20H27N5. The molecule has 1 aliphatic rings. The molecule has 1 N–H and O–H groups in total. The fraction of sp³-hybridized carbons (Fsp3) is 0.500. The predicted octanol–water partition coefficient (Wildman–Crippen LogP) is 3.79. The number of aromatic nitrogens is 4. The molecule has 4 rings (SSSR count). The smallest absolute Gasteiger partial charge is 0.124 e. The third kappa shape index (κ3) is 3.09. The predicted molar refractivity (Wildman–Crippen MR) is 101 cm³/mol. The van der Waals surface area contributed by atoms with Gasteiger partial charge in [-0.1, -0.05) is 12.1 Å². The van der Waals surface area contributed by atoms with Crippen molar-refractivity contribution in [3.63, 3.8) is 0 Å². The van der Waals surface area contributed by atoms with Crippen molar-refractivity contribution in [2.24, 2.45) is 0 Å². The Balaban J connectivity index is 1.49. The maximum Gasteiger partial charge on any atom is 0.124 e. The van der Waals surface area contributed by atoms with Crippen LogP contribution < -0.4 is 5.32 Å². The minimum absolute atomic E-state index is 0.403. The Kier molecular flexibility index (Phi) is 4.34. The average molecular weight is 337 g/mol. The lowest BCUT2D eigenvalue weighted by molar-refractivity contribution is 0.418. The lowest BCUT2D eigenvalue weighted by Gasteiger charge is -2.23. The van der Waals surface area contributed by atoms with Crippen molar-refractivity contribution in [2.75, 3.05) is 6.54 Å². The van der Waals surface area contributed by atoms with Crippen molar-refractivity contribution in [1.29, 1.82) is 0 Å². The molecule has 1 unspecified atom stereocenters. The van der Waals surface area contributed by atoms with Gasteiger partial charge in [0.15, 0.2) is 0 Å². The van der Waals surface area contributed by atoms with Gasteiger partial charge < -0.3 is 14.5 Å². The van der Waals surface area contributed by atoms with Crippen LogP contribution in [0, 0.1) is 6.92 Å². The largest absolute Gasteiger partial charge is 0.334 e. The summed E-state index contributed by atoms with van der Waals surface area (Å²) in [6.45, 7) is 9.38. The van der Waals surface area contributed by atoms with Gasteiger partial charge in [0.2, 0.25) is 0 Å². The Hall–Kier alpha value is -2.14. The summed E-state index contributed by atoms with van der Waals surface area (Å²) in [7, 11) is 0. The SMILES string of the molecule is Cc1cn2c(n1)C(CNCc1nc3ccccc3n1C(C)C)CCC2. The first-order valence-corrected chi connectivity index (χ1v) is 9.33. The van der Waals surface area contributed by atoms with Crippen LogP contribution in [-0.4, -0.2) is 25.6 Å². The van der Waals surface area contributed by atoms with E-state index in [4.69, 9.17) is 9.97 Å². The van der Waals surface area contributed by atoms with Gasteiger partial charge in [0.1, 0.15) is 11.6 Å². The summed E-state index contributed by atoms with van der Waals surface area (Å²) in [6.07, 6.45) is 4.63. The van der Waals surface area contributed by atoms with E-state index in [1.54, 1.807) is 0 Å². The zero-order valence-electron chi connectivity index (χ0n) is 15.4. The molecule has 0 saturated heterocycles. The number of hydrogen-bond donors (Lipinski definition) is 1. The summed E-state index contributed by atoms with van der Waals surface area (Å²) in [6, 6.07) is 8.80. The fourth-order valence-corrected chi connectivity index (χ4v) is 4.05. The van der Waals surface area contributed by atoms with E-state index in [2.05, 4.69) is 65.7 Å². The molecule has 5 heteroatoms. The van der Waals surface area contributed by atoms with Crippen LogP contribution in [0.5, 0.6) is 0 Å². The molecule has 0 fully saturated rings. The highest BCUT2D eigenvalue weighted by molar-refractivity contribution is 5.76. The molecule has 3 aromatic rings. The molecule has 25 heavy (non-hydrogen) atoms. The zero-order valence-corrected chi connectivity index (χ0v) is 15.4. The van der Waals surface area contributed by atoms with Crippen LogP contribution in [0.1, 0.15) is 56.0 Å². The molecule has 0 aliphatic carbocycles. The topological polar surface area (TPSA) is 47.7 Å². The van der Waals surface area contributed by atoms with Crippen LogP contribution in [0.2, 0.25) is 0 Å². The molecule has 0 amide bonds. The van der Waals surface area contributed by atoms with Crippen molar-refractivity contribution in [1.82, 2.24) is 24.4 Å². The molecule has 1 aromatic carbocycles. The van der Waals surface area contributed by atoms with E-state index >= 15 is 0 Å². The molecule has 0 radical (unpaired) electrons. The zero-order chi connectivity index (χ0) is 17.4. The van der Waals surface area contributed by atoms with Gasteiger partial charge >= 0.3 is 0 Å². The van der Waals surface area contributed by atoms with E-state index in [0.29, 0.717) is 12.0 Å². The first-order chi connectivity index (χ1) is 12.1. The maximum atomic E-state index is 4.84. The summed E-state index contributed by atoms with van der Waals surface area (Å²) < 4.78 is 4.67. The minimum atomic E-state index is 0.403. The normalized spacial score (nSPS) is 17.4. The summed E-state index contributed by atoms with van der Waals surface area (Å²) >= 11 is 0. The van der Waals surface area contributed by atoms with Crippen LogP contribution in [0.4, 0.5) is 0 Å². The number of imidazole rings is 2. The molecular weight excluding hydrogens is 310 g/mol. The highest BCUT2D eigenvalue weighted by Gasteiger charge is 2.22. The van der Waals surface area contributed by atoms with E-state index in [0.717, 1.165) is 36.7 Å². The van der Waals surface area contributed by atoms with Gasteiger partial charge in [0.05, 0.1) is 23.3 Å². The molecule has 0 bridgehead atoms. The third-order valence-electron chi connectivity index (χ3n) is 5.10. The van der Waals surface area contributed by atoms with E-state index in [1.807, 2.05) is 0 Å². The minimum Gasteiger partial charge on any atom is -0.334 e. The number of aryl methyl sites for hydroxylation is 2. The highest BCUT2D eigenvalue weighted by atomic mass is 15.1. The summed E-state index contributed by atoms with van der Waals surface area (Å²) in [5, 5.41) is 3.64. The molecule has 0 spiro atoms. The lowest BCUT2D eigenvalue weighted by Crippen LogP contribution is -2.27. The first kappa shape index (κ1) is 16.3. The number of fused-ring (bicyclic) bond motifs is 2. The number of nitrogens with zero attached hydrogens (tertiary/aromatic N) is 4. The van der Waals surface area contributed by atoms with Gasteiger partial charge in [-0.3, -0.25) is 0 Å². The van der Waals surface area contributed by atoms with Crippen molar-refractivity contribution in [2.45, 2.75) is 58.7 Å². The summed E-state index contributed by atoms with van der Waals surface area (Å²) in [5.41, 5.74) is 3.43. The number of hydrogen-bond acceptors (Lipinski definition) is 3. The summed E-state index contributed by atoms with van der Waals surface area (Å²) in [4.78, 5) is 9.59. The second-order valence-electron chi connectivity index (χ2n) is 7.38. The van der Waals surface area contributed by atoms with Crippen molar-refractivity contribution in [3.05, 3.63) is 47.8 Å². The standard InChI is InChI=1S/C20H27N5/c1-14(2)25-18-9-5-4-8-17(18)23-19(25)12-21-11-16-7-6-10-24-13-15(3)22-20(16)24/h4-5,8-9,13-14,16,21H,6-7,10-12H2,1-3H3. The number of benzene rings is 1. The maximum absolute atomic E-state index is 4.84. The number of rotatable bonds is 5. The monoisotopic (exact) mass is 337 g/mol. The Morgan fingerprint density at radius 2 is 2.08 bits per heavy atom. The van der Waals surface area contributed by atoms with Gasteiger partial charge in [-0.25, -0.2) is 9.97 Å². The van der Waals surface area contributed by atoms with E-state index in [9.17, 15) is 0 Å². The van der Waals surface area contributed by atoms with Gasteiger partial charge in [-0.2, -0.15) is 0 Å². The molecule has 2 aromatic heterocycles. The molecule has 1 aliphatic heterocycles. The van der Waals surface area contributed by atoms with Crippen molar-refractivity contribution in [3.8, 4) is 0 Å². The van der Waals surface area contributed by atoms with Crippen molar-refractivity contribution >= 4 is 11.0 Å². The van der Waals surface area contributed by atoms with E-state index < -0.39 is 0 Å². The quantitative estimate of drug-likeness (QED) is 0.770. The molecule has 1 atom stereocenters. The van der Waals surface area contributed by atoms with Crippen LogP contribution in [0.3, 0.4) is 0 Å².